The summed E-state index contributed by atoms with van der Waals surface area (Å²) >= 11 is 7.29. The third-order valence-electron chi connectivity index (χ3n) is 3.09. The molecule has 128 valence electrons. The first-order valence-electron chi connectivity index (χ1n) is 7.03. The number of carbonyl (C=O) groups is 1. The van der Waals surface area contributed by atoms with E-state index in [-0.39, 0.29) is 17.1 Å². The Morgan fingerprint density at radius 3 is 2.75 bits per heavy atom. The van der Waals surface area contributed by atoms with E-state index in [4.69, 9.17) is 11.6 Å². The van der Waals surface area contributed by atoms with Crippen LogP contribution in [0.2, 0.25) is 5.02 Å². The Bertz CT molecular complexity index is 738. The van der Waals surface area contributed by atoms with Crippen LogP contribution in [-0.2, 0) is 12.7 Å². The zero-order valence-electron chi connectivity index (χ0n) is 12.7. The molecule has 1 heterocycles. The van der Waals surface area contributed by atoms with Gasteiger partial charge in [0.2, 0.25) is 0 Å². The first-order chi connectivity index (χ1) is 11.3. The highest BCUT2D eigenvalue weighted by atomic mass is 35.5. The molecule has 0 unspecified atom stereocenters. The van der Waals surface area contributed by atoms with Crippen molar-refractivity contribution in [2.75, 3.05) is 5.75 Å². The molecular formula is C16H14ClF3N2OS. The summed E-state index contributed by atoms with van der Waals surface area (Å²) in [6, 6.07) is 4.61. The lowest BCUT2D eigenvalue weighted by molar-refractivity contribution is -0.137. The Labute approximate surface area is 146 Å². The highest BCUT2D eigenvalue weighted by Gasteiger charge is 2.31. The van der Waals surface area contributed by atoms with E-state index in [1.165, 1.54) is 6.07 Å². The van der Waals surface area contributed by atoms with Crippen molar-refractivity contribution < 1.29 is 18.0 Å². The molecule has 1 aromatic carbocycles. The van der Waals surface area contributed by atoms with Gasteiger partial charge in [-0.25, -0.2) is 0 Å². The number of halogens is 4. The van der Waals surface area contributed by atoms with E-state index >= 15 is 0 Å². The van der Waals surface area contributed by atoms with Crippen molar-refractivity contribution in [3.8, 4) is 0 Å². The lowest BCUT2D eigenvalue weighted by Crippen LogP contribution is -2.23. The molecule has 0 saturated heterocycles. The molecule has 0 aliphatic carbocycles. The van der Waals surface area contributed by atoms with Gasteiger partial charge in [-0.05, 0) is 30.0 Å². The van der Waals surface area contributed by atoms with Gasteiger partial charge in [0.05, 0.1) is 5.56 Å². The van der Waals surface area contributed by atoms with Crippen molar-refractivity contribution in [3.63, 3.8) is 0 Å². The number of hydrogen-bond acceptors (Lipinski definition) is 3. The number of carbonyl (C=O) groups excluding carboxylic acids is 1. The number of hydrogen-bond donors (Lipinski definition) is 1. The van der Waals surface area contributed by atoms with Crippen molar-refractivity contribution >= 4 is 29.3 Å². The number of thioether (sulfide) groups is 1. The van der Waals surface area contributed by atoms with E-state index in [1.807, 2.05) is 13.0 Å². The number of aromatic nitrogens is 1. The summed E-state index contributed by atoms with van der Waals surface area (Å²) < 4.78 is 38.4. The zero-order valence-corrected chi connectivity index (χ0v) is 14.2. The number of nitrogens with one attached hydrogen (secondary N) is 1. The van der Waals surface area contributed by atoms with Crippen LogP contribution in [0.25, 0.3) is 0 Å². The fourth-order valence-corrected chi connectivity index (χ4v) is 3.02. The summed E-state index contributed by atoms with van der Waals surface area (Å²) in [5.41, 5.74) is -0.289. The van der Waals surface area contributed by atoms with Crippen molar-refractivity contribution in [3.05, 3.63) is 58.4 Å². The van der Waals surface area contributed by atoms with Gasteiger partial charge >= 0.3 is 6.18 Å². The molecule has 8 heteroatoms. The van der Waals surface area contributed by atoms with E-state index in [0.29, 0.717) is 0 Å². The maximum atomic E-state index is 12.8. The first kappa shape index (κ1) is 18.6. The van der Waals surface area contributed by atoms with E-state index in [0.717, 1.165) is 28.3 Å². The molecule has 1 aromatic heterocycles. The number of alkyl halides is 3. The van der Waals surface area contributed by atoms with Crippen LogP contribution in [0.4, 0.5) is 13.2 Å². The van der Waals surface area contributed by atoms with Crippen LogP contribution in [0.3, 0.4) is 0 Å². The third kappa shape index (κ3) is 4.88. The standard InChI is InChI=1S/C16H14ClF3N2OS/c1-2-24-14-3-4-21-8-11(14)9-22-15(23)10-5-12(16(18,19)20)7-13(17)6-10/h3-8H,2,9H2,1H3,(H,22,23). The minimum absolute atomic E-state index is 0.136. The predicted molar refractivity (Wildman–Crippen MR) is 88.3 cm³/mol. The number of pyridine rings is 1. The molecule has 0 aliphatic rings. The number of benzene rings is 1. The lowest BCUT2D eigenvalue weighted by atomic mass is 10.1. The molecule has 2 rings (SSSR count). The minimum atomic E-state index is -4.56. The van der Waals surface area contributed by atoms with E-state index in [2.05, 4.69) is 10.3 Å². The summed E-state index contributed by atoms with van der Waals surface area (Å²) in [5, 5.41) is 2.46. The van der Waals surface area contributed by atoms with Crippen LogP contribution in [0.1, 0.15) is 28.4 Å². The Morgan fingerprint density at radius 1 is 1.33 bits per heavy atom. The van der Waals surface area contributed by atoms with Gasteiger partial charge in [-0.1, -0.05) is 18.5 Å². The fourth-order valence-electron chi connectivity index (χ4n) is 2.01. The summed E-state index contributed by atoms with van der Waals surface area (Å²) in [7, 11) is 0. The quantitative estimate of drug-likeness (QED) is 0.765. The van der Waals surface area contributed by atoms with Crippen molar-refractivity contribution in [1.82, 2.24) is 10.3 Å². The van der Waals surface area contributed by atoms with Crippen molar-refractivity contribution in [2.24, 2.45) is 0 Å². The number of amides is 1. The Hall–Kier alpha value is -1.73. The summed E-state index contributed by atoms with van der Waals surface area (Å²) in [4.78, 5) is 17.1. The van der Waals surface area contributed by atoms with Crippen molar-refractivity contribution in [2.45, 2.75) is 24.5 Å². The highest BCUT2D eigenvalue weighted by Crippen LogP contribution is 2.32. The van der Waals surface area contributed by atoms with Gasteiger partial charge < -0.3 is 5.32 Å². The van der Waals surface area contributed by atoms with Gasteiger partial charge in [0.15, 0.2) is 0 Å². The van der Waals surface area contributed by atoms with Gasteiger partial charge in [-0.2, -0.15) is 13.2 Å². The molecule has 0 saturated carbocycles. The van der Waals surface area contributed by atoms with Crippen LogP contribution in [-0.4, -0.2) is 16.6 Å². The van der Waals surface area contributed by atoms with Gasteiger partial charge in [0, 0.05) is 40.0 Å². The van der Waals surface area contributed by atoms with E-state index in [9.17, 15) is 18.0 Å². The molecule has 3 nitrogen and oxygen atoms in total. The number of rotatable bonds is 5. The van der Waals surface area contributed by atoms with Crippen LogP contribution in [0.5, 0.6) is 0 Å². The van der Waals surface area contributed by atoms with Crippen LogP contribution in [0, 0.1) is 0 Å². The molecule has 0 aliphatic heterocycles. The highest BCUT2D eigenvalue weighted by molar-refractivity contribution is 7.99. The predicted octanol–water partition coefficient (Wildman–Crippen LogP) is 4.80. The van der Waals surface area contributed by atoms with Gasteiger partial charge in [-0.3, -0.25) is 9.78 Å². The Kier molecular flexibility index (Phi) is 6.12. The van der Waals surface area contributed by atoms with Crippen molar-refractivity contribution in [1.29, 1.82) is 0 Å². The average Bonchev–Trinajstić information content (AvgIpc) is 2.52. The molecule has 0 atom stereocenters. The van der Waals surface area contributed by atoms with Gasteiger partial charge in [-0.15, -0.1) is 11.8 Å². The molecule has 1 amide bonds. The summed E-state index contributed by atoms with van der Waals surface area (Å²) in [6.45, 7) is 2.17. The Morgan fingerprint density at radius 2 is 2.08 bits per heavy atom. The lowest BCUT2D eigenvalue weighted by Gasteiger charge is -2.11. The number of nitrogens with zero attached hydrogens (tertiary/aromatic N) is 1. The molecule has 2 aromatic rings. The molecule has 0 fully saturated rings. The van der Waals surface area contributed by atoms with Gasteiger partial charge in [0.1, 0.15) is 0 Å². The average molecular weight is 375 g/mol. The topological polar surface area (TPSA) is 42.0 Å². The Balaban J connectivity index is 2.15. The largest absolute Gasteiger partial charge is 0.416 e. The second kappa shape index (κ2) is 7.90. The summed E-state index contributed by atoms with van der Waals surface area (Å²) in [5.74, 6) is 0.230. The third-order valence-corrected chi connectivity index (χ3v) is 4.30. The monoisotopic (exact) mass is 374 g/mol. The molecule has 0 radical (unpaired) electrons. The second-order valence-corrected chi connectivity index (χ2v) is 6.57. The van der Waals surface area contributed by atoms with Crippen LogP contribution in [0.15, 0.2) is 41.6 Å². The van der Waals surface area contributed by atoms with Crippen LogP contribution < -0.4 is 5.32 Å². The molecular weight excluding hydrogens is 361 g/mol. The fraction of sp³-hybridized carbons (Fsp3) is 0.250. The van der Waals surface area contributed by atoms with Crippen LogP contribution >= 0.6 is 23.4 Å². The molecule has 0 spiro atoms. The molecule has 0 bridgehead atoms. The second-order valence-electron chi connectivity index (χ2n) is 4.83. The molecule has 24 heavy (non-hydrogen) atoms. The minimum Gasteiger partial charge on any atom is -0.348 e. The van der Waals surface area contributed by atoms with E-state index < -0.39 is 17.6 Å². The van der Waals surface area contributed by atoms with E-state index in [1.54, 1.807) is 24.2 Å². The smallest absolute Gasteiger partial charge is 0.348 e. The summed E-state index contributed by atoms with van der Waals surface area (Å²) in [6.07, 6.45) is -1.29. The maximum absolute atomic E-state index is 12.8. The SMILES string of the molecule is CCSc1ccncc1CNC(=O)c1cc(Cl)cc(C(F)(F)F)c1. The maximum Gasteiger partial charge on any atom is 0.416 e. The first-order valence-corrected chi connectivity index (χ1v) is 8.39. The normalized spacial score (nSPS) is 11.4. The molecule has 1 N–H and O–H groups in total. The zero-order chi connectivity index (χ0) is 17.7. The van der Waals surface area contributed by atoms with Gasteiger partial charge in [0.25, 0.3) is 5.91 Å².